The number of hydrogen-bond acceptors (Lipinski definition) is 2. The van der Waals surface area contributed by atoms with Gasteiger partial charge in [-0.05, 0) is 37.6 Å². The molecular formula is C16H17BrO2. The van der Waals surface area contributed by atoms with Gasteiger partial charge in [-0.2, -0.15) is 0 Å². The van der Waals surface area contributed by atoms with Crippen LogP contribution in [0.1, 0.15) is 28.4 Å². The van der Waals surface area contributed by atoms with Crippen molar-refractivity contribution in [2.75, 3.05) is 7.11 Å². The van der Waals surface area contributed by atoms with E-state index in [9.17, 15) is 5.11 Å². The van der Waals surface area contributed by atoms with Crippen LogP contribution >= 0.6 is 15.9 Å². The van der Waals surface area contributed by atoms with Crippen molar-refractivity contribution < 1.29 is 9.84 Å². The third kappa shape index (κ3) is 2.99. The summed E-state index contributed by atoms with van der Waals surface area (Å²) in [6.45, 7) is 4.01. The maximum atomic E-state index is 10.6. The first kappa shape index (κ1) is 14.1. The van der Waals surface area contributed by atoms with Crippen LogP contribution in [0.3, 0.4) is 0 Å². The van der Waals surface area contributed by atoms with Gasteiger partial charge in [0.2, 0.25) is 0 Å². The first-order valence-corrected chi connectivity index (χ1v) is 6.91. The molecule has 1 unspecified atom stereocenters. The predicted molar refractivity (Wildman–Crippen MR) is 80.7 cm³/mol. The standard InChI is InChI=1S/C16H17BrO2/c1-10-4-6-14(17)12(8-10)16(18)13-9-11(2)5-7-15(13)19-3/h4-9,16,18H,1-3H3. The molecule has 0 aromatic heterocycles. The molecule has 3 heteroatoms. The number of hydrogen-bond donors (Lipinski definition) is 1. The van der Waals surface area contributed by atoms with Gasteiger partial charge in [-0.15, -0.1) is 0 Å². The quantitative estimate of drug-likeness (QED) is 0.920. The Morgan fingerprint density at radius 1 is 1.00 bits per heavy atom. The Labute approximate surface area is 122 Å². The van der Waals surface area contributed by atoms with Gasteiger partial charge in [0.25, 0.3) is 0 Å². The van der Waals surface area contributed by atoms with Crippen molar-refractivity contribution in [1.29, 1.82) is 0 Å². The Bertz CT molecular complexity index is 593. The zero-order chi connectivity index (χ0) is 14.0. The molecule has 0 aliphatic carbocycles. The van der Waals surface area contributed by atoms with E-state index in [1.165, 1.54) is 0 Å². The fourth-order valence-electron chi connectivity index (χ4n) is 2.11. The molecule has 0 saturated heterocycles. The maximum absolute atomic E-state index is 10.6. The summed E-state index contributed by atoms with van der Waals surface area (Å²) in [5.74, 6) is 0.700. The summed E-state index contributed by atoms with van der Waals surface area (Å²) in [6, 6.07) is 11.8. The molecule has 1 atom stereocenters. The van der Waals surface area contributed by atoms with Crippen LogP contribution in [0.15, 0.2) is 40.9 Å². The van der Waals surface area contributed by atoms with Crippen LogP contribution in [0.2, 0.25) is 0 Å². The van der Waals surface area contributed by atoms with Crippen molar-refractivity contribution in [2.24, 2.45) is 0 Å². The first-order chi connectivity index (χ1) is 9.02. The molecule has 100 valence electrons. The van der Waals surface area contributed by atoms with Gasteiger partial charge in [0.1, 0.15) is 11.9 Å². The largest absolute Gasteiger partial charge is 0.496 e. The second-order valence-electron chi connectivity index (χ2n) is 4.67. The number of aliphatic hydroxyl groups is 1. The fraction of sp³-hybridized carbons (Fsp3) is 0.250. The molecule has 0 aliphatic rings. The average molecular weight is 321 g/mol. The smallest absolute Gasteiger partial charge is 0.125 e. The summed E-state index contributed by atoms with van der Waals surface area (Å²) in [7, 11) is 1.62. The van der Waals surface area contributed by atoms with Crippen LogP contribution < -0.4 is 4.74 Å². The molecule has 0 heterocycles. The summed E-state index contributed by atoms with van der Waals surface area (Å²) >= 11 is 3.49. The van der Waals surface area contributed by atoms with Crippen molar-refractivity contribution in [2.45, 2.75) is 20.0 Å². The van der Waals surface area contributed by atoms with Gasteiger partial charge in [0, 0.05) is 10.0 Å². The molecule has 2 aromatic rings. The van der Waals surface area contributed by atoms with Gasteiger partial charge in [0.05, 0.1) is 7.11 Å². The lowest BCUT2D eigenvalue weighted by atomic mass is 9.98. The van der Waals surface area contributed by atoms with E-state index < -0.39 is 6.10 Å². The highest BCUT2D eigenvalue weighted by Crippen LogP contribution is 2.34. The third-order valence-electron chi connectivity index (χ3n) is 3.13. The van der Waals surface area contributed by atoms with Crippen LogP contribution in [-0.4, -0.2) is 12.2 Å². The summed E-state index contributed by atoms with van der Waals surface area (Å²) < 4.78 is 6.24. The van der Waals surface area contributed by atoms with Crippen LogP contribution in [0.4, 0.5) is 0 Å². The number of aliphatic hydroxyl groups excluding tert-OH is 1. The van der Waals surface area contributed by atoms with Gasteiger partial charge >= 0.3 is 0 Å². The van der Waals surface area contributed by atoms with Gasteiger partial charge in [-0.1, -0.05) is 45.3 Å². The molecule has 2 nitrogen and oxygen atoms in total. The molecular weight excluding hydrogens is 304 g/mol. The van der Waals surface area contributed by atoms with E-state index in [0.717, 1.165) is 26.7 Å². The molecule has 0 radical (unpaired) electrons. The predicted octanol–water partition coefficient (Wildman–Crippen LogP) is 4.16. The van der Waals surface area contributed by atoms with Crippen molar-refractivity contribution in [1.82, 2.24) is 0 Å². The summed E-state index contributed by atoms with van der Waals surface area (Å²) in [4.78, 5) is 0. The molecule has 0 aliphatic heterocycles. The lowest BCUT2D eigenvalue weighted by molar-refractivity contribution is 0.214. The fourth-order valence-corrected chi connectivity index (χ4v) is 2.57. The summed E-state index contributed by atoms with van der Waals surface area (Å²) in [6.07, 6.45) is -0.705. The average Bonchev–Trinajstić information content (AvgIpc) is 2.40. The zero-order valence-electron chi connectivity index (χ0n) is 11.3. The molecule has 2 rings (SSSR count). The van der Waals surface area contributed by atoms with E-state index in [1.54, 1.807) is 7.11 Å². The number of aryl methyl sites for hydroxylation is 2. The van der Waals surface area contributed by atoms with Crippen LogP contribution in [0.25, 0.3) is 0 Å². The highest BCUT2D eigenvalue weighted by atomic mass is 79.9. The highest BCUT2D eigenvalue weighted by Gasteiger charge is 2.18. The number of ether oxygens (including phenoxy) is 1. The van der Waals surface area contributed by atoms with Gasteiger partial charge < -0.3 is 9.84 Å². The molecule has 0 bridgehead atoms. The minimum absolute atomic E-state index is 0.700. The molecule has 0 saturated carbocycles. The molecule has 0 spiro atoms. The Kier molecular flexibility index (Phi) is 4.27. The van der Waals surface area contributed by atoms with Gasteiger partial charge in [0.15, 0.2) is 0 Å². The second-order valence-corrected chi connectivity index (χ2v) is 5.53. The van der Waals surface area contributed by atoms with Crippen LogP contribution in [-0.2, 0) is 0 Å². The van der Waals surface area contributed by atoms with Crippen molar-refractivity contribution in [3.63, 3.8) is 0 Å². The van der Waals surface area contributed by atoms with E-state index in [0.29, 0.717) is 5.75 Å². The number of methoxy groups -OCH3 is 1. The SMILES string of the molecule is COc1ccc(C)cc1C(O)c1cc(C)ccc1Br. The molecule has 19 heavy (non-hydrogen) atoms. The van der Waals surface area contributed by atoms with E-state index in [-0.39, 0.29) is 0 Å². The lowest BCUT2D eigenvalue weighted by Crippen LogP contribution is -2.04. The second kappa shape index (κ2) is 5.76. The van der Waals surface area contributed by atoms with E-state index >= 15 is 0 Å². The van der Waals surface area contributed by atoms with E-state index in [2.05, 4.69) is 15.9 Å². The van der Waals surface area contributed by atoms with E-state index in [1.807, 2.05) is 50.2 Å². The van der Waals surface area contributed by atoms with Crippen LogP contribution in [0, 0.1) is 13.8 Å². The molecule has 0 amide bonds. The van der Waals surface area contributed by atoms with Gasteiger partial charge in [-0.25, -0.2) is 0 Å². The molecule has 2 aromatic carbocycles. The Morgan fingerprint density at radius 2 is 1.58 bits per heavy atom. The minimum Gasteiger partial charge on any atom is -0.496 e. The van der Waals surface area contributed by atoms with Crippen molar-refractivity contribution in [3.8, 4) is 5.75 Å². The van der Waals surface area contributed by atoms with Crippen molar-refractivity contribution in [3.05, 3.63) is 63.1 Å². The number of rotatable bonds is 3. The molecule has 1 N–H and O–H groups in total. The monoisotopic (exact) mass is 320 g/mol. The Morgan fingerprint density at radius 3 is 2.21 bits per heavy atom. The summed E-state index contributed by atoms with van der Waals surface area (Å²) in [5.41, 5.74) is 3.85. The topological polar surface area (TPSA) is 29.5 Å². The third-order valence-corrected chi connectivity index (χ3v) is 3.85. The van der Waals surface area contributed by atoms with E-state index in [4.69, 9.17) is 4.74 Å². The van der Waals surface area contributed by atoms with Crippen LogP contribution in [0.5, 0.6) is 5.75 Å². The highest BCUT2D eigenvalue weighted by molar-refractivity contribution is 9.10. The Hall–Kier alpha value is -1.32. The Balaban J connectivity index is 2.51. The maximum Gasteiger partial charge on any atom is 0.125 e. The lowest BCUT2D eigenvalue weighted by Gasteiger charge is -2.17. The first-order valence-electron chi connectivity index (χ1n) is 6.11. The molecule has 0 fully saturated rings. The van der Waals surface area contributed by atoms with Gasteiger partial charge in [-0.3, -0.25) is 0 Å². The summed E-state index contributed by atoms with van der Waals surface area (Å²) in [5, 5.41) is 10.6. The number of benzene rings is 2. The normalized spacial score (nSPS) is 12.3. The minimum atomic E-state index is -0.705. The zero-order valence-corrected chi connectivity index (χ0v) is 12.9. The number of halogens is 1. The van der Waals surface area contributed by atoms with Crippen molar-refractivity contribution >= 4 is 15.9 Å².